The van der Waals surface area contributed by atoms with Gasteiger partial charge in [0.15, 0.2) is 5.82 Å². The molecule has 3 heteroatoms. The van der Waals surface area contributed by atoms with Crippen molar-refractivity contribution in [3.8, 4) is 61.8 Å². The largest absolute Gasteiger partial charge is 0.309 e. The molecule has 0 N–H and O–H groups in total. The van der Waals surface area contributed by atoms with Crippen LogP contribution in [0.4, 0.5) is 0 Å². The molecule has 2 aromatic heterocycles. The Balaban J connectivity index is 1.02. The molecular weight excluding hydrogens is 799 g/mol. The summed E-state index contributed by atoms with van der Waals surface area (Å²) in [6, 6.07) is 90.0. The first-order chi connectivity index (χ1) is 32.7. The zero-order chi connectivity index (χ0) is 43.6. The molecule has 3 nitrogen and oxygen atoms in total. The summed E-state index contributed by atoms with van der Waals surface area (Å²) in [6.07, 6.45) is 0. The lowest BCUT2D eigenvalue weighted by Crippen LogP contribution is -2.28. The van der Waals surface area contributed by atoms with E-state index in [1.807, 2.05) is 0 Å². The van der Waals surface area contributed by atoms with Crippen LogP contribution in [-0.4, -0.2) is 14.5 Å². The fourth-order valence-electron chi connectivity index (χ4n) is 10.9. The van der Waals surface area contributed by atoms with Crippen LogP contribution in [0.1, 0.15) is 22.3 Å². The lowest BCUT2D eigenvalue weighted by molar-refractivity contribution is 0.775. The molecule has 0 saturated heterocycles. The van der Waals surface area contributed by atoms with Crippen molar-refractivity contribution in [2.24, 2.45) is 0 Å². The van der Waals surface area contributed by atoms with Crippen molar-refractivity contribution in [3.63, 3.8) is 0 Å². The van der Waals surface area contributed by atoms with Gasteiger partial charge in [-0.25, -0.2) is 9.97 Å². The summed E-state index contributed by atoms with van der Waals surface area (Å²) < 4.78 is 2.36. The number of fused-ring (bicyclic) bond motifs is 8. The van der Waals surface area contributed by atoms with Gasteiger partial charge >= 0.3 is 0 Å². The quantitative estimate of drug-likeness (QED) is 0.160. The second-order valence-electron chi connectivity index (χ2n) is 17.3. The van der Waals surface area contributed by atoms with Crippen molar-refractivity contribution in [3.05, 3.63) is 271 Å². The van der Waals surface area contributed by atoms with Crippen LogP contribution < -0.4 is 0 Å². The molecule has 10 aromatic carbocycles. The van der Waals surface area contributed by atoms with Crippen LogP contribution in [0.2, 0.25) is 0 Å². The number of hydrogen-bond acceptors (Lipinski definition) is 2. The van der Waals surface area contributed by atoms with Crippen molar-refractivity contribution < 1.29 is 0 Å². The summed E-state index contributed by atoms with van der Waals surface area (Å²) in [5.41, 5.74) is 17.6. The van der Waals surface area contributed by atoms with Crippen molar-refractivity contribution in [2.45, 2.75) is 5.41 Å². The fourth-order valence-corrected chi connectivity index (χ4v) is 10.9. The van der Waals surface area contributed by atoms with Gasteiger partial charge in [0.2, 0.25) is 0 Å². The van der Waals surface area contributed by atoms with E-state index >= 15 is 0 Å². The molecule has 0 unspecified atom stereocenters. The maximum Gasteiger partial charge on any atom is 0.160 e. The maximum absolute atomic E-state index is 5.42. The molecule has 0 fully saturated rings. The predicted molar refractivity (Wildman–Crippen MR) is 273 cm³/mol. The van der Waals surface area contributed by atoms with Crippen molar-refractivity contribution in [1.82, 2.24) is 14.5 Å². The topological polar surface area (TPSA) is 30.7 Å². The average Bonchev–Trinajstić information content (AvgIpc) is 3.91. The van der Waals surface area contributed by atoms with E-state index in [0.717, 1.165) is 39.3 Å². The Morgan fingerprint density at radius 2 is 0.879 bits per heavy atom. The molecule has 1 aliphatic carbocycles. The third-order valence-corrected chi connectivity index (χ3v) is 13.6. The third-order valence-electron chi connectivity index (χ3n) is 13.6. The Morgan fingerprint density at radius 1 is 0.348 bits per heavy atom. The van der Waals surface area contributed by atoms with Crippen LogP contribution in [0.3, 0.4) is 0 Å². The maximum atomic E-state index is 5.42. The van der Waals surface area contributed by atoms with E-state index in [4.69, 9.17) is 9.97 Å². The summed E-state index contributed by atoms with van der Waals surface area (Å²) in [4.78, 5) is 10.8. The highest BCUT2D eigenvalue weighted by Crippen LogP contribution is 2.60. The lowest BCUT2D eigenvalue weighted by Gasteiger charge is -2.35. The first kappa shape index (κ1) is 37.9. The molecule has 308 valence electrons. The molecule has 0 amide bonds. The van der Waals surface area contributed by atoms with Gasteiger partial charge in [0, 0.05) is 33.2 Å². The Bertz CT molecular complexity index is 3720. The second kappa shape index (κ2) is 15.3. The molecule has 13 rings (SSSR count). The molecule has 0 spiro atoms. The molecule has 0 radical (unpaired) electrons. The summed E-state index contributed by atoms with van der Waals surface area (Å²) in [5.74, 6) is 0.677. The van der Waals surface area contributed by atoms with E-state index in [2.05, 4.69) is 253 Å². The zero-order valence-corrected chi connectivity index (χ0v) is 36.0. The minimum absolute atomic E-state index is 0.544. The highest BCUT2D eigenvalue weighted by Gasteiger charge is 2.48. The van der Waals surface area contributed by atoms with E-state index in [-0.39, 0.29) is 0 Å². The predicted octanol–water partition coefficient (Wildman–Crippen LogP) is 15.8. The lowest BCUT2D eigenvalue weighted by atomic mass is 9.66. The first-order valence-electron chi connectivity index (χ1n) is 22.7. The van der Waals surface area contributed by atoms with E-state index in [0.29, 0.717) is 5.82 Å². The standard InChI is InChI=1S/C63H41N3/c1-4-20-42(21-5-1)56-41-57(45-24-19-30-49(39-45)66-58-36-16-13-32-51(58)52-33-14-17-37-59(52)66)65-62(64-56)46-25-18-23-43(38-46)54-40-44-22-10-11-31-50(44)61-60(54)53-34-12-15-35-55(53)63(61,47-26-6-2-7-27-47)48-28-8-3-9-29-48/h1-41H. The summed E-state index contributed by atoms with van der Waals surface area (Å²) in [6.45, 7) is 0. The second-order valence-corrected chi connectivity index (χ2v) is 17.3. The smallest absolute Gasteiger partial charge is 0.160 e. The van der Waals surface area contributed by atoms with Gasteiger partial charge in [-0.15, -0.1) is 0 Å². The van der Waals surface area contributed by atoms with Crippen LogP contribution in [0.5, 0.6) is 0 Å². The molecular formula is C63H41N3. The van der Waals surface area contributed by atoms with Gasteiger partial charge in [0.25, 0.3) is 0 Å². The minimum Gasteiger partial charge on any atom is -0.309 e. The highest BCUT2D eigenvalue weighted by atomic mass is 15.0. The molecule has 0 atom stereocenters. The Kier molecular flexibility index (Phi) is 8.75. The van der Waals surface area contributed by atoms with Gasteiger partial charge in [-0.1, -0.05) is 206 Å². The van der Waals surface area contributed by atoms with Crippen LogP contribution in [0, 0.1) is 0 Å². The van der Waals surface area contributed by atoms with Gasteiger partial charge in [0.05, 0.1) is 27.8 Å². The zero-order valence-electron chi connectivity index (χ0n) is 36.0. The minimum atomic E-state index is -0.544. The molecule has 0 bridgehead atoms. The van der Waals surface area contributed by atoms with E-state index in [1.54, 1.807) is 0 Å². The van der Waals surface area contributed by atoms with Crippen molar-refractivity contribution in [1.29, 1.82) is 0 Å². The van der Waals surface area contributed by atoms with Crippen LogP contribution in [0.25, 0.3) is 94.4 Å². The van der Waals surface area contributed by atoms with Crippen LogP contribution in [0.15, 0.2) is 249 Å². The van der Waals surface area contributed by atoms with E-state index < -0.39 is 5.41 Å². The molecule has 1 aliphatic rings. The summed E-state index contributed by atoms with van der Waals surface area (Å²) in [5, 5.41) is 4.93. The van der Waals surface area contributed by atoms with Gasteiger partial charge in [-0.3, -0.25) is 0 Å². The molecule has 66 heavy (non-hydrogen) atoms. The Hall–Kier alpha value is -8.66. The number of rotatable bonds is 7. The van der Waals surface area contributed by atoms with Crippen LogP contribution >= 0.6 is 0 Å². The van der Waals surface area contributed by atoms with Crippen LogP contribution in [-0.2, 0) is 5.41 Å². The Labute approximate surface area is 383 Å². The number of nitrogens with zero attached hydrogens (tertiary/aromatic N) is 3. The number of benzene rings is 10. The third kappa shape index (κ3) is 5.84. The molecule has 12 aromatic rings. The Morgan fingerprint density at radius 3 is 1.59 bits per heavy atom. The van der Waals surface area contributed by atoms with E-state index in [9.17, 15) is 0 Å². The van der Waals surface area contributed by atoms with Crippen molar-refractivity contribution in [2.75, 3.05) is 0 Å². The van der Waals surface area contributed by atoms with Crippen molar-refractivity contribution >= 4 is 32.6 Å². The number of hydrogen-bond donors (Lipinski definition) is 0. The SMILES string of the molecule is c1ccc(-c2cc(-c3cccc(-n4c5ccccc5c5ccccc54)c3)nc(-c3cccc(-c4cc5ccccc5c5c4-c4ccccc4C5(c4ccccc4)c4ccccc4)c3)n2)cc1. The molecule has 2 heterocycles. The van der Waals surface area contributed by atoms with Gasteiger partial charge in [-0.2, -0.15) is 0 Å². The summed E-state index contributed by atoms with van der Waals surface area (Å²) in [7, 11) is 0. The summed E-state index contributed by atoms with van der Waals surface area (Å²) >= 11 is 0. The number of para-hydroxylation sites is 2. The molecule has 0 aliphatic heterocycles. The van der Waals surface area contributed by atoms with Gasteiger partial charge in [0.1, 0.15) is 0 Å². The number of aromatic nitrogens is 3. The average molecular weight is 840 g/mol. The fraction of sp³-hybridized carbons (Fsp3) is 0.0159. The highest BCUT2D eigenvalue weighted by molar-refractivity contribution is 6.10. The van der Waals surface area contributed by atoms with E-state index in [1.165, 1.54) is 71.5 Å². The normalized spacial score (nSPS) is 12.7. The monoisotopic (exact) mass is 839 g/mol. The van der Waals surface area contributed by atoms with Gasteiger partial charge in [-0.05, 0) is 97.7 Å². The van der Waals surface area contributed by atoms with Gasteiger partial charge < -0.3 is 4.57 Å². The first-order valence-corrected chi connectivity index (χ1v) is 22.7. The molecule has 0 saturated carbocycles.